The lowest BCUT2D eigenvalue weighted by Gasteiger charge is -2.20. The number of rotatable bonds is 7. The summed E-state index contributed by atoms with van der Waals surface area (Å²) in [4.78, 5) is 18.4. The Morgan fingerprint density at radius 3 is 2.38 bits per heavy atom. The van der Waals surface area contributed by atoms with Gasteiger partial charge in [0, 0.05) is 18.3 Å². The van der Waals surface area contributed by atoms with Crippen LogP contribution in [-0.2, 0) is 22.1 Å². The first-order valence-electron chi connectivity index (χ1n) is 11.7. The third kappa shape index (κ3) is 5.00. The van der Waals surface area contributed by atoms with Crippen LogP contribution in [0, 0.1) is 6.92 Å². The molecule has 1 aliphatic carbocycles. The maximum atomic E-state index is 13.3. The second-order valence-corrected chi connectivity index (χ2v) is 12.1. The molecule has 2 N–H and O–H groups in total. The Labute approximate surface area is 201 Å². The lowest BCUT2D eigenvalue weighted by Crippen LogP contribution is -2.26. The van der Waals surface area contributed by atoms with E-state index in [2.05, 4.69) is 30.8 Å². The highest BCUT2D eigenvalue weighted by molar-refractivity contribution is 7.89. The quantitative estimate of drug-likeness (QED) is 0.529. The molecular weight excluding hydrogens is 450 g/mol. The van der Waals surface area contributed by atoms with E-state index in [0.717, 1.165) is 35.2 Å². The highest BCUT2D eigenvalue weighted by atomic mass is 32.2. The number of carbonyl (C=O) groups excluding carboxylic acids is 1. The number of nitrogens with one attached hydrogen (secondary N) is 2. The van der Waals surface area contributed by atoms with Gasteiger partial charge in [0.2, 0.25) is 10.0 Å². The van der Waals surface area contributed by atoms with Crippen LogP contribution >= 0.6 is 0 Å². The van der Waals surface area contributed by atoms with Gasteiger partial charge in [-0.2, -0.15) is 5.10 Å². The minimum absolute atomic E-state index is 0.0583. The highest BCUT2D eigenvalue weighted by Gasteiger charge is 2.28. The van der Waals surface area contributed by atoms with Crippen LogP contribution in [0.2, 0.25) is 0 Å². The number of carbonyl (C=O) groups is 1. The average molecular weight is 484 g/mol. The molecule has 0 unspecified atom stereocenters. The lowest BCUT2D eigenvalue weighted by molar-refractivity contribution is 0.0952. The molecule has 0 radical (unpaired) electrons. The number of amides is 1. The molecule has 1 saturated carbocycles. The van der Waals surface area contributed by atoms with Crippen molar-refractivity contribution < 1.29 is 13.2 Å². The minimum Gasteiger partial charge on any atom is -0.348 e. The fraction of sp³-hybridized carbons (Fsp3) is 0.480. The van der Waals surface area contributed by atoms with E-state index in [0.29, 0.717) is 11.2 Å². The third-order valence-corrected chi connectivity index (χ3v) is 7.43. The van der Waals surface area contributed by atoms with Crippen LogP contribution < -0.4 is 10.0 Å². The normalized spacial score (nSPS) is 14.7. The van der Waals surface area contributed by atoms with E-state index in [1.165, 1.54) is 0 Å². The molecule has 1 aliphatic rings. The Bertz CT molecular complexity index is 1330. The summed E-state index contributed by atoms with van der Waals surface area (Å²) in [6, 6.07) is 8.51. The van der Waals surface area contributed by atoms with Gasteiger partial charge in [-0.25, -0.2) is 22.8 Å². The fourth-order valence-electron chi connectivity index (χ4n) is 3.80. The highest BCUT2D eigenvalue weighted by Crippen LogP contribution is 2.29. The van der Waals surface area contributed by atoms with Crippen molar-refractivity contribution in [2.45, 2.75) is 83.3 Å². The summed E-state index contributed by atoms with van der Waals surface area (Å²) in [5.41, 5.74) is 3.39. The van der Waals surface area contributed by atoms with Gasteiger partial charge in [-0.05, 0) is 70.2 Å². The monoisotopic (exact) mass is 483 g/mol. The standard InChI is InChI=1S/C25H33N5O3S/c1-15(2)21-13-20(22-16(3)28-30(23(22)27-21)25(4,5)6)24(31)26-14-17-7-11-19(12-8-17)34(32,33)29-18-9-10-18/h7-8,11-13,15,18,29H,9-10,14H2,1-6H3,(H,26,31). The number of pyridine rings is 1. The summed E-state index contributed by atoms with van der Waals surface area (Å²) >= 11 is 0. The smallest absolute Gasteiger partial charge is 0.252 e. The van der Waals surface area contributed by atoms with Crippen LogP contribution in [-0.4, -0.2) is 35.1 Å². The second-order valence-electron chi connectivity index (χ2n) is 10.3. The van der Waals surface area contributed by atoms with Crippen molar-refractivity contribution in [2.24, 2.45) is 0 Å². The fourth-order valence-corrected chi connectivity index (χ4v) is 5.11. The lowest BCUT2D eigenvalue weighted by atomic mass is 10.0. The van der Waals surface area contributed by atoms with Crippen LogP contribution in [0.5, 0.6) is 0 Å². The van der Waals surface area contributed by atoms with Gasteiger partial charge in [0.1, 0.15) is 0 Å². The molecule has 4 rings (SSSR count). The van der Waals surface area contributed by atoms with Gasteiger partial charge in [0.15, 0.2) is 5.65 Å². The van der Waals surface area contributed by atoms with E-state index in [1.807, 2.05) is 31.5 Å². The van der Waals surface area contributed by atoms with Crippen LogP contribution in [0.3, 0.4) is 0 Å². The van der Waals surface area contributed by atoms with Gasteiger partial charge in [-0.3, -0.25) is 4.79 Å². The van der Waals surface area contributed by atoms with E-state index in [4.69, 9.17) is 10.1 Å². The number of hydrogen-bond donors (Lipinski definition) is 2. The van der Waals surface area contributed by atoms with Gasteiger partial charge in [0.25, 0.3) is 5.91 Å². The van der Waals surface area contributed by atoms with Gasteiger partial charge in [-0.1, -0.05) is 26.0 Å². The Hall–Kier alpha value is -2.78. The Balaban J connectivity index is 1.59. The molecule has 34 heavy (non-hydrogen) atoms. The first-order chi connectivity index (χ1) is 15.9. The molecule has 3 aromatic rings. The minimum atomic E-state index is -3.49. The number of benzene rings is 1. The first-order valence-corrected chi connectivity index (χ1v) is 13.2. The molecule has 2 heterocycles. The number of aryl methyl sites for hydroxylation is 1. The summed E-state index contributed by atoms with van der Waals surface area (Å²) in [5, 5.41) is 8.43. The molecule has 0 spiro atoms. The third-order valence-electron chi connectivity index (χ3n) is 5.89. The molecule has 1 fully saturated rings. The second kappa shape index (κ2) is 8.78. The summed E-state index contributed by atoms with van der Waals surface area (Å²) < 4.78 is 29.3. The number of nitrogens with zero attached hydrogens (tertiary/aromatic N) is 3. The Kier molecular flexibility index (Phi) is 6.29. The van der Waals surface area contributed by atoms with Crippen molar-refractivity contribution >= 4 is 27.0 Å². The first kappa shape index (κ1) is 24.3. The maximum Gasteiger partial charge on any atom is 0.252 e. The van der Waals surface area contributed by atoms with Crippen molar-refractivity contribution in [3.05, 3.63) is 52.8 Å². The number of aromatic nitrogens is 3. The predicted molar refractivity (Wildman–Crippen MR) is 132 cm³/mol. The molecule has 0 atom stereocenters. The summed E-state index contributed by atoms with van der Waals surface area (Å²) in [5.74, 6) is -0.0590. The van der Waals surface area contributed by atoms with Crippen LogP contribution in [0.25, 0.3) is 11.0 Å². The van der Waals surface area contributed by atoms with Gasteiger partial charge in [-0.15, -0.1) is 0 Å². The Morgan fingerprint density at radius 2 is 1.82 bits per heavy atom. The molecule has 182 valence electrons. The Morgan fingerprint density at radius 1 is 1.18 bits per heavy atom. The van der Waals surface area contributed by atoms with E-state index >= 15 is 0 Å². The molecule has 2 aromatic heterocycles. The summed E-state index contributed by atoms with van der Waals surface area (Å²) in [6.07, 6.45) is 1.77. The zero-order chi connectivity index (χ0) is 24.8. The van der Waals surface area contributed by atoms with E-state index < -0.39 is 10.0 Å². The average Bonchev–Trinajstić information content (AvgIpc) is 3.50. The topological polar surface area (TPSA) is 106 Å². The SMILES string of the molecule is Cc1nn(C(C)(C)C)c2nc(C(C)C)cc(C(=O)NCc3ccc(S(=O)(=O)NC4CC4)cc3)c12. The van der Waals surface area contributed by atoms with E-state index in [-0.39, 0.29) is 34.8 Å². The zero-order valence-electron chi connectivity index (χ0n) is 20.6. The molecule has 0 saturated heterocycles. The molecule has 0 aliphatic heterocycles. The van der Waals surface area contributed by atoms with Gasteiger partial charge in [0.05, 0.1) is 27.1 Å². The maximum absolute atomic E-state index is 13.3. The van der Waals surface area contributed by atoms with Crippen molar-refractivity contribution in [3.8, 4) is 0 Å². The molecule has 9 heteroatoms. The number of fused-ring (bicyclic) bond motifs is 1. The van der Waals surface area contributed by atoms with Crippen molar-refractivity contribution in [1.82, 2.24) is 24.8 Å². The van der Waals surface area contributed by atoms with Crippen molar-refractivity contribution in [2.75, 3.05) is 0 Å². The van der Waals surface area contributed by atoms with Gasteiger partial charge < -0.3 is 5.32 Å². The van der Waals surface area contributed by atoms with Crippen molar-refractivity contribution in [1.29, 1.82) is 0 Å². The number of sulfonamides is 1. The molecule has 1 aromatic carbocycles. The molecule has 8 nitrogen and oxygen atoms in total. The van der Waals surface area contributed by atoms with E-state index in [1.54, 1.807) is 24.3 Å². The molecular formula is C25H33N5O3S. The summed E-state index contributed by atoms with van der Waals surface area (Å²) in [7, 11) is -3.49. The van der Waals surface area contributed by atoms with Crippen LogP contribution in [0.4, 0.5) is 0 Å². The van der Waals surface area contributed by atoms with Crippen LogP contribution in [0.1, 0.15) is 80.7 Å². The van der Waals surface area contributed by atoms with Gasteiger partial charge >= 0.3 is 0 Å². The largest absolute Gasteiger partial charge is 0.348 e. The summed E-state index contributed by atoms with van der Waals surface area (Å²) in [6.45, 7) is 12.5. The zero-order valence-corrected chi connectivity index (χ0v) is 21.5. The number of hydrogen-bond acceptors (Lipinski definition) is 5. The molecule has 0 bridgehead atoms. The van der Waals surface area contributed by atoms with E-state index in [9.17, 15) is 13.2 Å². The van der Waals surface area contributed by atoms with Crippen LogP contribution in [0.15, 0.2) is 35.2 Å². The predicted octanol–water partition coefficient (Wildman–Crippen LogP) is 3.99. The molecule has 1 amide bonds. The van der Waals surface area contributed by atoms with Crippen molar-refractivity contribution in [3.63, 3.8) is 0 Å².